The van der Waals surface area contributed by atoms with Gasteiger partial charge in [-0.05, 0) is 31.1 Å². The van der Waals surface area contributed by atoms with Crippen LogP contribution < -0.4 is 5.48 Å². The largest absolute Gasteiger partial charge is 0.323 e. The summed E-state index contributed by atoms with van der Waals surface area (Å²) in [5, 5.41) is 2.02. The van der Waals surface area contributed by atoms with Gasteiger partial charge >= 0.3 is 0 Å². The maximum Gasteiger partial charge on any atom is 0.220 e. The van der Waals surface area contributed by atoms with Gasteiger partial charge in [-0.1, -0.05) is 12.6 Å². The fourth-order valence-corrected chi connectivity index (χ4v) is 1.79. The molecule has 0 aliphatic rings. The molecular weight excluding hydrogens is 198 g/mol. The van der Waals surface area contributed by atoms with Crippen LogP contribution in [0.1, 0.15) is 4.88 Å². The summed E-state index contributed by atoms with van der Waals surface area (Å²) in [4.78, 5) is 1.12. The number of hydrogen-bond donors (Lipinski definition) is 1. The first-order valence-electron chi connectivity index (χ1n) is 4.16. The average molecular weight is 213 g/mol. The van der Waals surface area contributed by atoms with Crippen molar-refractivity contribution in [2.24, 2.45) is 0 Å². The van der Waals surface area contributed by atoms with E-state index in [9.17, 15) is 0 Å². The standard InChI is InChI=1S/C9H15NOSSi/c1-8(9-6-5-7-12-9)10-11-13(2,3)4/h5-7,10H,1H2,2-4H3. The molecule has 2 nitrogen and oxygen atoms in total. The Morgan fingerprint density at radius 1 is 1.54 bits per heavy atom. The molecule has 0 saturated carbocycles. The van der Waals surface area contributed by atoms with Gasteiger partial charge in [-0.15, -0.1) is 11.3 Å². The third-order valence-corrected chi connectivity index (χ3v) is 2.94. The summed E-state index contributed by atoms with van der Waals surface area (Å²) < 4.78 is 5.51. The van der Waals surface area contributed by atoms with Crippen molar-refractivity contribution in [3.8, 4) is 0 Å². The maximum absolute atomic E-state index is 5.51. The number of rotatable bonds is 4. The summed E-state index contributed by atoms with van der Waals surface area (Å²) in [7, 11) is -1.50. The average Bonchev–Trinajstić information content (AvgIpc) is 2.50. The summed E-state index contributed by atoms with van der Waals surface area (Å²) in [6, 6.07) is 4.02. The highest BCUT2D eigenvalue weighted by Gasteiger charge is 2.15. The van der Waals surface area contributed by atoms with E-state index < -0.39 is 8.32 Å². The zero-order valence-corrected chi connectivity index (χ0v) is 10.1. The molecule has 1 aromatic rings. The Morgan fingerprint density at radius 2 is 2.23 bits per heavy atom. The van der Waals surface area contributed by atoms with Crippen molar-refractivity contribution in [1.82, 2.24) is 5.48 Å². The van der Waals surface area contributed by atoms with E-state index in [4.69, 9.17) is 4.53 Å². The highest BCUT2D eigenvalue weighted by atomic mass is 32.1. The van der Waals surface area contributed by atoms with Gasteiger partial charge in [0.2, 0.25) is 8.32 Å². The lowest BCUT2D eigenvalue weighted by atomic mass is 10.4. The van der Waals surface area contributed by atoms with E-state index in [2.05, 4.69) is 31.7 Å². The van der Waals surface area contributed by atoms with E-state index in [1.807, 2.05) is 17.5 Å². The molecule has 0 unspecified atom stereocenters. The molecule has 72 valence electrons. The molecular formula is C9H15NOSSi. The van der Waals surface area contributed by atoms with E-state index in [0.717, 1.165) is 10.6 Å². The summed E-state index contributed by atoms with van der Waals surface area (Å²) in [5.41, 5.74) is 3.75. The minimum absolute atomic E-state index is 0.845. The van der Waals surface area contributed by atoms with E-state index >= 15 is 0 Å². The Bertz CT molecular complexity index is 276. The summed E-state index contributed by atoms with van der Waals surface area (Å²) in [6.07, 6.45) is 0. The summed E-state index contributed by atoms with van der Waals surface area (Å²) in [6.45, 7) is 10.3. The molecule has 0 spiro atoms. The molecule has 0 atom stereocenters. The fraction of sp³-hybridized carbons (Fsp3) is 0.333. The molecule has 0 aliphatic carbocycles. The molecule has 1 heterocycles. The van der Waals surface area contributed by atoms with Gasteiger partial charge in [-0.3, -0.25) is 5.48 Å². The fourth-order valence-electron chi connectivity index (χ4n) is 0.715. The molecule has 0 fully saturated rings. The van der Waals surface area contributed by atoms with Gasteiger partial charge in [-0.2, -0.15) is 0 Å². The lowest BCUT2D eigenvalue weighted by Crippen LogP contribution is -2.32. The van der Waals surface area contributed by atoms with Crippen molar-refractivity contribution in [3.05, 3.63) is 29.0 Å². The topological polar surface area (TPSA) is 21.3 Å². The van der Waals surface area contributed by atoms with E-state index in [1.54, 1.807) is 11.3 Å². The highest BCUT2D eigenvalue weighted by Crippen LogP contribution is 2.16. The Labute approximate surface area is 84.3 Å². The number of thiophene rings is 1. The van der Waals surface area contributed by atoms with Crippen LogP contribution >= 0.6 is 11.3 Å². The molecule has 1 rings (SSSR count). The number of hydroxylamine groups is 1. The zero-order chi connectivity index (χ0) is 9.90. The first-order valence-corrected chi connectivity index (χ1v) is 8.44. The SMILES string of the molecule is C=C(NO[Si](C)(C)C)c1cccs1. The lowest BCUT2D eigenvalue weighted by molar-refractivity contribution is 0.245. The molecule has 4 heteroatoms. The van der Waals surface area contributed by atoms with Gasteiger partial charge in [0.05, 0.1) is 10.6 Å². The zero-order valence-electron chi connectivity index (χ0n) is 8.26. The van der Waals surface area contributed by atoms with Crippen molar-refractivity contribution < 1.29 is 4.53 Å². The van der Waals surface area contributed by atoms with Crippen LogP contribution in [0, 0.1) is 0 Å². The van der Waals surface area contributed by atoms with E-state index in [-0.39, 0.29) is 0 Å². The Morgan fingerprint density at radius 3 is 2.69 bits per heavy atom. The van der Waals surface area contributed by atoms with E-state index in [1.165, 1.54) is 0 Å². The van der Waals surface area contributed by atoms with Crippen LogP contribution in [-0.2, 0) is 4.53 Å². The van der Waals surface area contributed by atoms with Gasteiger partial charge < -0.3 is 4.53 Å². The first kappa shape index (κ1) is 10.5. The Balaban J connectivity index is 2.44. The van der Waals surface area contributed by atoms with Gasteiger partial charge in [0.1, 0.15) is 0 Å². The lowest BCUT2D eigenvalue weighted by Gasteiger charge is -2.18. The van der Waals surface area contributed by atoms with Crippen LogP contribution in [0.15, 0.2) is 24.1 Å². The van der Waals surface area contributed by atoms with Crippen LogP contribution in [0.3, 0.4) is 0 Å². The molecule has 0 aliphatic heterocycles. The monoisotopic (exact) mass is 213 g/mol. The van der Waals surface area contributed by atoms with Crippen LogP contribution in [0.4, 0.5) is 0 Å². The van der Waals surface area contributed by atoms with Crippen molar-refractivity contribution in [3.63, 3.8) is 0 Å². The molecule has 0 saturated heterocycles. The van der Waals surface area contributed by atoms with E-state index in [0.29, 0.717) is 0 Å². The summed E-state index contributed by atoms with van der Waals surface area (Å²) >= 11 is 1.65. The number of nitrogens with one attached hydrogen (secondary N) is 1. The second-order valence-electron chi connectivity index (χ2n) is 3.77. The third-order valence-electron chi connectivity index (χ3n) is 1.30. The predicted molar refractivity (Wildman–Crippen MR) is 60.9 cm³/mol. The minimum Gasteiger partial charge on any atom is -0.323 e. The Kier molecular flexibility index (Phi) is 3.30. The first-order chi connectivity index (χ1) is 5.99. The predicted octanol–water partition coefficient (Wildman–Crippen LogP) is 3.07. The second kappa shape index (κ2) is 4.08. The quantitative estimate of drug-likeness (QED) is 0.613. The van der Waals surface area contributed by atoms with Crippen LogP contribution in [0.5, 0.6) is 0 Å². The third kappa shape index (κ3) is 3.76. The van der Waals surface area contributed by atoms with Crippen molar-refractivity contribution >= 4 is 25.4 Å². The normalized spacial score (nSPS) is 11.3. The molecule has 1 aromatic heterocycles. The number of hydrogen-bond acceptors (Lipinski definition) is 3. The van der Waals surface area contributed by atoms with Gasteiger partial charge in [0.25, 0.3) is 0 Å². The molecule has 13 heavy (non-hydrogen) atoms. The molecule has 1 N–H and O–H groups in total. The minimum atomic E-state index is -1.50. The van der Waals surface area contributed by atoms with Gasteiger partial charge in [-0.25, -0.2) is 0 Å². The van der Waals surface area contributed by atoms with Crippen LogP contribution in [0.2, 0.25) is 19.6 Å². The molecule has 0 bridgehead atoms. The van der Waals surface area contributed by atoms with Crippen molar-refractivity contribution in [2.45, 2.75) is 19.6 Å². The molecule has 0 aromatic carbocycles. The summed E-state index contributed by atoms with van der Waals surface area (Å²) in [5.74, 6) is 0. The highest BCUT2D eigenvalue weighted by molar-refractivity contribution is 7.11. The molecule has 0 radical (unpaired) electrons. The maximum atomic E-state index is 5.51. The van der Waals surface area contributed by atoms with Crippen LogP contribution in [-0.4, -0.2) is 8.32 Å². The van der Waals surface area contributed by atoms with Crippen molar-refractivity contribution in [1.29, 1.82) is 0 Å². The van der Waals surface area contributed by atoms with Crippen molar-refractivity contribution in [2.75, 3.05) is 0 Å². The Hall–Kier alpha value is -0.583. The van der Waals surface area contributed by atoms with Gasteiger partial charge in [0, 0.05) is 0 Å². The van der Waals surface area contributed by atoms with Gasteiger partial charge in [0.15, 0.2) is 0 Å². The second-order valence-corrected chi connectivity index (χ2v) is 9.15. The van der Waals surface area contributed by atoms with Crippen LogP contribution in [0.25, 0.3) is 5.70 Å². The smallest absolute Gasteiger partial charge is 0.220 e. The molecule has 0 amide bonds.